The van der Waals surface area contributed by atoms with E-state index < -0.39 is 41.3 Å². The Labute approximate surface area is 89.5 Å². The first-order valence-electron chi connectivity index (χ1n) is 4.15. The molecule has 1 fully saturated rings. The number of carbonyl (C=O) groups excluding carboxylic acids is 1. The van der Waals surface area contributed by atoms with Crippen LogP contribution in [0.3, 0.4) is 0 Å². The van der Waals surface area contributed by atoms with E-state index in [4.69, 9.17) is 4.74 Å². The molecule has 1 rings (SSSR count). The van der Waals surface area contributed by atoms with E-state index in [2.05, 4.69) is 0 Å². The van der Waals surface area contributed by atoms with Crippen LogP contribution in [0.15, 0.2) is 0 Å². The quantitative estimate of drug-likeness (QED) is 0.558. The van der Waals surface area contributed by atoms with Crippen molar-refractivity contribution in [1.82, 2.24) is 5.09 Å². The minimum Gasteiger partial charge on any atom is -0.351 e. The van der Waals surface area contributed by atoms with Gasteiger partial charge in [-0.2, -0.15) is 0 Å². The van der Waals surface area contributed by atoms with Crippen LogP contribution in [-0.4, -0.2) is 37.5 Å². The Morgan fingerprint density at radius 3 is 2.20 bits per heavy atom. The predicted octanol–water partition coefficient (Wildman–Crippen LogP) is -0.0985. The van der Waals surface area contributed by atoms with Crippen molar-refractivity contribution in [2.75, 3.05) is 12.0 Å². The number of hydrogen-bond acceptors (Lipinski definition) is 5. The number of rotatable bonds is 4. The van der Waals surface area contributed by atoms with Gasteiger partial charge in [0, 0.05) is 6.26 Å². The van der Waals surface area contributed by atoms with Gasteiger partial charge in [-0.25, -0.2) is 13.0 Å². The van der Waals surface area contributed by atoms with Gasteiger partial charge in [-0.15, -0.1) is 0 Å². The Bertz CT molecular complexity index is 404. The molecule has 86 valence electrons. The molecule has 1 aliphatic heterocycles. The molecule has 1 unspecified atom stereocenters. The minimum atomic E-state index is -3.34. The van der Waals surface area contributed by atoms with Crippen LogP contribution in [0.5, 0.6) is 0 Å². The van der Waals surface area contributed by atoms with Gasteiger partial charge in [0.05, 0.1) is 5.75 Å². The van der Waals surface area contributed by atoms with Crippen LogP contribution in [0.1, 0.15) is 13.8 Å². The maximum Gasteiger partial charge on any atom is 0.281 e. The Balaban J connectivity index is 2.94. The number of ether oxygens (including phenoxy) is 1. The van der Waals surface area contributed by atoms with Crippen molar-refractivity contribution in [2.24, 2.45) is 0 Å². The molecule has 6 nitrogen and oxygen atoms in total. The molecule has 1 atom stereocenters. The summed E-state index contributed by atoms with van der Waals surface area (Å²) in [6.45, 7) is 3.22. The summed E-state index contributed by atoms with van der Waals surface area (Å²) in [7, 11) is -3.91. The summed E-state index contributed by atoms with van der Waals surface area (Å²) in [5.41, 5.74) is -2.25. The third-order valence-corrected chi connectivity index (χ3v) is 3.56. The summed E-state index contributed by atoms with van der Waals surface area (Å²) in [5.74, 6) is -1.08. The van der Waals surface area contributed by atoms with Crippen LogP contribution in [-0.2, 0) is 23.9 Å². The van der Waals surface area contributed by atoms with Crippen molar-refractivity contribution < 1.29 is 22.5 Å². The minimum absolute atomic E-state index is 0.408. The first-order valence-corrected chi connectivity index (χ1v) is 7.03. The normalized spacial score (nSPS) is 28.7. The van der Waals surface area contributed by atoms with Gasteiger partial charge in [0.1, 0.15) is 5.60 Å². The lowest BCUT2D eigenvalue weighted by molar-refractivity contribution is -0.123. The molecule has 0 aliphatic carbocycles. The Kier molecular flexibility index (Phi) is 2.93. The maximum atomic E-state index is 11.5. The number of carbonyl (C=O) groups is 1. The summed E-state index contributed by atoms with van der Waals surface area (Å²) >= 11 is 0. The van der Waals surface area contributed by atoms with Crippen molar-refractivity contribution in [2.45, 2.75) is 25.0 Å². The first kappa shape index (κ1) is 12.5. The predicted molar refractivity (Wildman–Crippen MR) is 53.4 cm³/mol. The standard InChI is InChI=1S/C7H12NO5PS/c1-6(2)7(13-6,4-15(3,11)12)5(9)8-14-10/h4H2,1-3H3,(H,8,9,10). The average Bonchev–Trinajstić information content (AvgIpc) is 2.51. The molecule has 1 amide bonds. The molecule has 0 aromatic heterocycles. The number of hydrogen-bond donors (Lipinski definition) is 1. The molecule has 1 heterocycles. The van der Waals surface area contributed by atoms with Crippen molar-refractivity contribution in [3.8, 4) is 0 Å². The van der Waals surface area contributed by atoms with E-state index in [1.807, 2.05) is 5.09 Å². The highest BCUT2D eigenvalue weighted by Crippen LogP contribution is 2.48. The summed E-state index contributed by atoms with van der Waals surface area (Å²) in [5, 5.41) is 2.01. The van der Waals surface area contributed by atoms with Crippen LogP contribution < -0.4 is 5.09 Å². The summed E-state index contributed by atoms with van der Waals surface area (Å²) in [6.07, 6.45) is 1.02. The van der Waals surface area contributed by atoms with Crippen LogP contribution >= 0.6 is 8.61 Å². The number of epoxide rings is 1. The monoisotopic (exact) mass is 253 g/mol. The fraction of sp³-hybridized carbons (Fsp3) is 0.857. The van der Waals surface area contributed by atoms with Crippen LogP contribution in [0.4, 0.5) is 0 Å². The lowest BCUT2D eigenvalue weighted by Crippen LogP contribution is -2.42. The average molecular weight is 253 g/mol. The maximum absolute atomic E-state index is 11.5. The molecule has 1 N–H and O–H groups in total. The smallest absolute Gasteiger partial charge is 0.281 e. The molecule has 8 heteroatoms. The van der Waals surface area contributed by atoms with Crippen LogP contribution in [0, 0.1) is 0 Å². The molecular formula is C7H12NO5PS. The van der Waals surface area contributed by atoms with E-state index in [0.29, 0.717) is 0 Å². The van der Waals surface area contributed by atoms with E-state index in [1.165, 1.54) is 0 Å². The molecule has 1 saturated heterocycles. The van der Waals surface area contributed by atoms with E-state index in [1.54, 1.807) is 13.8 Å². The molecule has 0 bridgehead atoms. The summed E-state index contributed by atoms with van der Waals surface area (Å²) in [4.78, 5) is 11.5. The van der Waals surface area contributed by atoms with E-state index in [0.717, 1.165) is 6.26 Å². The van der Waals surface area contributed by atoms with Gasteiger partial charge >= 0.3 is 0 Å². The highest BCUT2D eigenvalue weighted by atomic mass is 32.2. The van der Waals surface area contributed by atoms with E-state index >= 15 is 0 Å². The van der Waals surface area contributed by atoms with E-state index in [9.17, 15) is 17.8 Å². The van der Waals surface area contributed by atoms with Gasteiger partial charge in [0.2, 0.25) is 0 Å². The third kappa shape index (κ3) is 2.35. The highest BCUT2D eigenvalue weighted by Gasteiger charge is 2.70. The SMILES string of the molecule is CC1(C)OC1(CS(C)(=O)=O)C(=O)NP=O. The Morgan fingerprint density at radius 1 is 1.47 bits per heavy atom. The Hall–Kier alpha value is -0.520. The van der Waals surface area contributed by atoms with Gasteiger partial charge < -0.3 is 4.74 Å². The van der Waals surface area contributed by atoms with Crippen molar-refractivity contribution in [3.63, 3.8) is 0 Å². The number of amides is 1. The molecule has 15 heavy (non-hydrogen) atoms. The van der Waals surface area contributed by atoms with Crippen LogP contribution in [0.25, 0.3) is 0 Å². The van der Waals surface area contributed by atoms with Gasteiger partial charge in [-0.3, -0.25) is 9.88 Å². The van der Waals surface area contributed by atoms with Gasteiger partial charge in [0.15, 0.2) is 15.4 Å². The largest absolute Gasteiger partial charge is 0.351 e. The fourth-order valence-electron chi connectivity index (χ4n) is 1.50. The second-order valence-corrected chi connectivity index (χ2v) is 6.59. The Morgan fingerprint density at radius 2 is 1.93 bits per heavy atom. The zero-order valence-electron chi connectivity index (χ0n) is 8.60. The van der Waals surface area contributed by atoms with E-state index in [-0.39, 0.29) is 0 Å². The highest BCUT2D eigenvalue weighted by molar-refractivity contribution is 7.90. The molecule has 0 radical (unpaired) electrons. The van der Waals surface area contributed by atoms with Crippen molar-refractivity contribution >= 4 is 24.4 Å². The van der Waals surface area contributed by atoms with Crippen molar-refractivity contribution in [1.29, 1.82) is 0 Å². The summed E-state index contributed by atoms with van der Waals surface area (Å²) in [6, 6.07) is 0. The third-order valence-electron chi connectivity index (χ3n) is 2.34. The van der Waals surface area contributed by atoms with Crippen LogP contribution in [0.2, 0.25) is 0 Å². The zero-order chi connectivity index (χ0) is 11.9. The lowest BCUT2D eigenvalue weighted by atomic mass is 9.97. The molecule has 0 aromatic rings. The molecule has 0 spiro atoms. The molecule has 1 aliphatic rings. The molecule has 0 aromatic carbocycles. The lowest BCUT2D eigenvalue weighted by Gasteiger charge is -2.10. The fourth-order valence-corrected chi connectivity index (χ4v) is 3.04. The number of sulfone groups is 1. The topological polar surface area (TPSA) is 92.8 Å². The number of nitrogens with one attached hydrogen (secondary N) is 1. The first-order chi connectivity index (χ1) is 6.65. The van der Waals surface area contributed by atoms with Gasteiger partial charge in [0.25, 0.3) is 14.5 Å². The molecule has 0 saturated carbocycles. The second-order valence-electron chi connectivity index (χ2n) is 4.04. The van der Waals surface area contributed by atoms with Crippen molar-refractivity contribution in [3.05, 3.63) is 0 Å². The second kappa shape index (κ2) is 3.50. The molecular weight excluding hydrogens is 241 g/mol. The van der Waals surface area contributed by atoms with Gasteiger partial charge in [-0.1, -0.05) is 0 Å². The zero-order valence-corrected chi connectivity index (χ0v) is 10.3. The summed E-state index contributed by atoms with van der Waals surface area (Å²) < 4.78 is 37.7. The van der Waals surface area contributed by atoms with Gasteiger partial charge in [-0.05, 0) is 13.8 Å².